The molecule has 1 fully saturated rings. The van der Waals surface area contributed by atoms with Crippen LogP contribution in [0.1, 0.15) is 50.6 Å². The van der Waals surface area contributed by atoms with Crippen LogP contribution >= 0.6 is 0 Å². The van der Waals surface area contributed by atoms with Crippen LogP contribution < -0.4 is 10.6 Å². The first-order valence-electron chi connectivity index (χ1n) is 9.11. The summed E-state index contributed by atoms with van der Waals surface area (Å²) in [5, 5.41) is 13.5. The highest BCUT2D eigenvalue weighted by molar-refractivity contribution is 5.83. The first-order chi connectivity index (χ1) is 13.4. The molecule has 1 aromatic carbocycles. The van der Waals surface area contributed by atoms with Crippen LogP contribution in [0.15, 0.2) is 24.3 Å². The maximum absolute atomic E-state index is 13.7. The standard InChI is InChI=1S/C19H21F6N3O/c1-2-18(21,22)8-7-14(16(29)28-17(11-26)9-10-17)27-15(19(23,24)25)12-3-5-13(20)6-4-12/h3-6,14-15,27H,2,7-10H2,1H3,(H,28,29). The zero-order valence-electron chi connectivity index (χ0n) is 15.6. The van der Waals surface area contributed by atoms with Crippen molar-refractivity contribution in [2.24, 2.45) is 0 Å². The fourth-order valence-corrected chi connectivity index (χ4v) is 2.77. The Labute approximate surface area is 164 Å². The van der Waals surface area contributed by atoms with Crippen LogP contribution in [0.25, 0.3) is 0 Å². The smallest absolute Gasteiger partial charge is 0.336 e. The van der Waals surface area contributed by atoms with Gasteiger partial charge in [-0.2, -0.15) is 18.4 Å². The third-order valence-corrected chi connectivity index (χ3v) is 4.86. The Morgan fingerprint density at radius 2 is 1.79 bits per heavy atom. The number of amides is 1. The molecule has 2 rings (SSSR count). The lowest BCUT2D eigenvalue weighted by Crippen LogP contribution is -2.52. The molecule has 29 heavy (non-hydrogen) atoms. The van der Waals surface area contributed by atoms with Crippen LogP contribution in [0.4, 0.5) is 26.3 Å². The Bertz CT molecular complexity index is 753. The molecule has 2 unspecified atom stereocenters. The van der Waals surface area contributed by atoms with Gasteiger partial charge in [0.25, 0.3) is 0 Å². The van der Waals surface area contributed by atoms with E-state index in [0.29, 0.717) is 12.8 Å². The molecule has 0 spiro atoms. The van der Waals surface area contributed by atoms with Crippen molar-refractivity contribution < 1.29 is 31.1 Å². The number of nitrogens with zero attached hydrogens (tertiary/aromatic N) is 1. The molecule has 4 nitrogen and oxygen atoms in total. The molecular formula is C19H21F6N3O. The van der Waals surface area contributed by atoms with Gasteiger partial charge in [-0.15, -0.1) is 0 Å². The summed E-state index contributed by atoms with van der Waals surface area (Å²) in [5.74, 6) is -4.83. The molecule has 1 aliphatic rings. The lowest BCUT2D eigenvalue weighted by molar-refractivity contribution is -0.161. The number of hydrogen-bond acceptors (Lipinski definition) is 3. The molecular weight excluding hydrogens is 400 g/mol. The van der Waals surface area contributed by atoms with E-state index in [-0.39, 0.29) is 5.56 Å². The normalized spacial score (nSPS) is 17.9. The third-order valence-electron chi connectivity index (χ3n) is 4.86. The molecule has 2 N–H and O–H groups in total. The van der Waals surface area contributed by atoms with Crippen LogP contribution in [0.2, 0.25) is 0 Å². The lowest BCUT2D eigenvalue weighted by Gasteiger charge is -2.29. The molecule has 10 heteroatoms. The second-order valence-electron chi connectivity index (χ2n) is 7.18. The van der Waals surface area contributed by atoms with Gasteiger partial charge < -0.3 is 5.32 Å². The second kappa shape index (κ2) is 8.61. The van der Waals surface area contributed by atoms with Crippen LogP contribution in [-0.2, 0) is 4.79 Å². The van der Waals surface area contributed by atoms with Crippen molar-refractivity contribution in [2.45, 2.75) is 68.7 Å². The lowest BCUT2D eigenvalue weighted by atomic mass is 10.0. The number of nitrogens with one attached hydrogen (secondary N) is 2. The first kappa shape index (κ1) is 23.0. The van der Waals surface area contributed by atoms with Gasteiger partial charge in [0.15, 0.2) is 0 Å². The minimum Gasteiger partial charge on any atom is -0.336 e. The van der Waals surface area contributed by atoms with Crippen molar-refractivity contribution >= 4 is 5.91 Å². The van der Waals surface area contributed by atoms with Gasteiger partial charge in [0.2, 0.25) is 11.8 Å². The minimum atomic E-state index is -4.86. The summed E-state index contributed by atoms with van der Waals surface area (Å²) in [4.78, 5) is 12.5. The van der Waals surface area contributed by atoms with Gasteiger partial charge in [-0.3, -0.25) is 10.1 Å². The van der Waals surface area contributed by atoms with Crippen molar-refractivity contribution in [2.75, 3.05) is 0 Å². The van der Waals surface area contributed by atoms with E-state index in [0.717, 1.165) is 24.3 Å². The molecule has 1 aliphatic carbocycles. The first-order valence-corrected chi connectivity index (χ1v) is 9.11. The number of carbonyl (C=O) groups excluding carboxylic acids is 1. The number of hydrogen-bond donors (Lipinski definition) is 2. The van der Waals surface area contributed by atoms with Crippen molar-refractivity contribution in [3.8, 4) is 6.07 Å². The van der Waals surface area contributed by atoms with Gasteiger partial charge in [-0.25, -0.2) is 13.2 Å². The molecule has 0 bridgehead atoms. The van der Waals surface area contributed by atoms with E-state index < -0.39 is 60.7 Å². The Kier molecular flexibility index (Phi) is 6.83. The Balaban J connectivity index is 2.25. The van der Waals surface area contributed by atoms with Crippen LogP contribution in [0, 0.1) is 17.1 Å². The van der Waals surface area contributed by atoms with E-state index in [1.807, 2.05) is 6.07 Å². The van der Waals surface area contributed by atoms with E-state index >= 15 is 0 Å². The molecule has 0 heterocycles. The Morgan fingerprint density at radius 3 is 2.24 bits per heavy atom. The number of nitriles is 1. The largest absolute Gasteiger partial charge is 0.407 e. The number of benzene rings is 1. The van der Waals surface area contributed by atoms with E-state index in [2.05, 4.69) is 10.6 Å². The van der Waals surface area contributed by atoms with Gasteiger partial charge in [0, 0.05) is 12.8 Å². The minimum absolute atomic E-state index is 0.341. The quantitative estimate of drug-likeness (QED) is 0.582. The zero-order chi connectivity index (χ0) is 21.9. The van der Waals surface area contributed by atoms with Gasteiger partial charge in [-0.05, 0) is 37.0 Å². The summed E-state index contributed by atoms with van der Waals surface area (Å²) in [5.41, 5.74) is -1.52. The van der Waals surface area contributed by atoms with Gasteiger partial charge in [0.1, 0.15) is 17.4 Å². The number of rotatable bonds is 9. The maximum atomic E-state index is 13.7. The monoisotopic (exact) mass is 421 g/mol. The summed E-state index contributed by atoms with van der Waals surface area (Å²) < 4.78 is 81.2. The Hall–Kier alpha value is -2.28. The molecule has 2 atom stereocenters. The van der Waals surface area contributed by atoms with Gasteiger partial charge >= 0.3 is 6.18 Å². The number of alkyl halides is 5. The molecule has 0 saturated heterocycles. The van der Waals surface area contributed by atoms with E-state index in [1.165, 1.54) is 6.92 Å². The predicted molar refractivity (Wildman–Crippen MR) is 92.3 cm³/mol. The molecule has 160 valence electrons. The zero-order valence-corrected chi connectivity index (χ0v) is 15.6. The van der Waals surface area contributed by atoms with Gasteiger partial charge in [0.05, 0.1) is 12.1 Å². The van der Waals surface area contributed by atoms with Crippen LogP contribution in [-0.4, -0.2) is 29.6 Å². The molecule has 0 aliphatic heterocycles. The fraction of sp³-hybridized carbons (Fsp3) is 0.579. The van der Waals surface area contributed by atoms with Crippen molar-refractivity contribution in [3.05, 3.63) is 35.6 Å². The highest BCUT2D eigenvalue weighted by Crippen LogP contribution is 2.36. The summed E-state index contributed by atoms with van der Waals surface area (Å²) in [6, 6.07) is 1.38. The molecule has 0 aromatic heterocycles. The summed E-state index contributed by atoms with van der Waals surface area (Å²) >= 11 is 0. The van der Waals surface area contributed by atoms with E-state index in [4.69, 9.17) is 5.26 Å². The molecule has 1 saturated carbocycles. The average Bonchev–Trinajstić information content (AvgIpc) is 3.41. The van der Waals surface area contributed by atoms with Crippen molar-refractivity contribution in [1.29, 1.82) is 5.26 Å². The molecule has 1 amide bonds. The average molecular weight is 421 g/mol. The SMILES string of the molecule is CCC(F)(F)CCC(NC(c1ccc(F)cc1)C(F)(F)F)C(=O)NC1(C#N)CC1. The summed E-state index contributed by atoms with van der Waals surface area (Å²) in [7, 11) is 0. The maximum Gasteiger partial charge on any atom is 0.407 e. The molecule has 0 radical (unpaired) electrons. The summed E-state index contributed by atoms with van der Waals surface area (Å²) in [6.07, 6.45) is -6.08. The number of halogens is 6. The van der Waals surface area contributed by atoms with Crippen LogP contribution in [0.5, 0.6) is 0 Å². The third kappa shape index (κ3) is 6.35. The Morgan fingerprint density at radius 1 is 1.21 bits per heavy atom. The van der Waals surface area contributed by atoms with Crippen LogP contribution in [0.3, 0.4) is 0 Å². The van der Waals surface area contributed by atoms with E-state index in [9.17, 15) is 31.1 Å². The van der Waals surface area contributed by atoms with E-state index in [1.54, 1.807) is 0 Å². The highest BCUT2D eigenvalue weighted by atomic mass is 19.4. The van der Waals surface area contributed by atoms with Crippen molar-refractivity contribution in [1.82, 2.24) is 10.6 Å². The highest BCUT2D eigenvalue weighted by Gasteiger charge is 2.47. The van der Waals surface area contributed by atoms with Gasteiger partial charge in [-0.1, -0.05) is 19.1 Å². The summed E-state index contributed by atoms with van der Waals surface area (Å²) in [6.45, 7) is 1.23. The fourth-order valence-electron chi connectivity index (χ4n) is 2.77. The predicted octanol–water partition coefficient (Wildman–Crippen LogP) is 4.39. The number of carbonyl (C=O) groups is 1. The second-order valence-corrected chi connectivity index (χ2v) is 7.18. The molecule has 1 aromatic rings. The topological polar surface area (TPSA) is 64.9 Å². The van der Waals surface area contributed by atoms with Crippen molar-refractivity contribution in [3.63, 3.8) is 0 Å².